The highest BCUT2D eigenvalue weighted by atomic mass is 16.3. The molecule has 1 aliphatic rings. The molecule has 78 valence electrons. The van der Waals surface area contributed by atoms with Crippen LogP contribution < -0.4 is 5.32 Å². The lowest BCUT2D eigenvalue weighted by Crippen LogP contribution is -2.44. The van der Waals surface area contributed by atoms with Gasteiger partial charge in [0.15, 0.2) is 6.39 Å². The molecule has 1 N–H and O–H groups in total. The summed E-state index contributed by atoms with van der Waals surface area (Å²) in [6, 6.07) is 0.371. The van der Waals surface area contributed by atoms with Crippen LogP contribution in [0.4, 0.5) is 0 Å². The first kappa shape index (κ1) is 9.68. The molecular formula is C10H17N3O. The van der Waals surface area contributed by atoms with Crippen LogP contribution in [0.5, 0.6) is 0 Å². The Bertz CT molecular complexity index is 291. The Morgan fingerprint density at radius 1 is 1.50 bits per heavy atom. The molecule has 0 spiro atoms. The van der Waals surface area contributed by atoms with Crippen molar-refractivity contribution in [1.82, 2.24) is 15.2 Å². The second-order valence-corrected chi connectivity index (χ2v) is 3.76. The van der Waals surface area contributed by atoms with Crippen LogP contribution in [0.3, 0.4) is 0 Å². The summed E-state index contributed by atoms with van der Waals surface area (Å²) in [4.78, 5) is 6.69. The number of oxazole rings is 1. The van der Waals surface area contributed by atoms with Crippen molar-refractivity contribution in [2.24, 2.45) is 0 Å². The Morgan fingerprint density at radius 3 is 2.79 bits per heavy atom. The minimum atomic E-state index is 0.371. The second kappa shape index (κ2) is 4.11. The Balaban J connectivity index is 2.07. The van der Waals surface area contributed by atoms with E-state index in [0.717, 1.165) is 37.6 Å². The Kier molecular flexibility index (Phi) is 2.84. The first-order chi connectivity index (χ1) is 6.79. The van der Waals surface area contributed by atoms with E-state index in [1.807, 2.05) is 6.92 Å². The molecule has 0 saturated carbocycles. The molecule has 14 heavy (non-hydrogen) atoms. The fraction of sp³-hybridized carbons (Fsp3) is 0.700. The van der Waals surface area contributed by atoms with Gasteiger partial charge in [-0.3, -0.25) is 4.90 Å². The third-order valence-electron chi connectivity index (χ3n) is 2.88. The van der Waals surface area contributed by atoms with Gasteiger partial charge < -0.3 is 9.73 Å². The molecule has 0 radical (unpaired) electrons. The smallest absolute Gasteiger partial charge is 0.181 e. The van der Waals surface area contributed by atoms with Crippen molar-refractivity contribution < 1.29 is 4.42 Å². The van der Waals surface area contributed by atoms with E-state index in [1.54, 1.807) is 0 Å². The molecule has 0 bridgehead atoms. The number of hydrogen-bond donors (Lipinski definition) is 1. The largest absolute Gasteiger partial charge is 0.448 e. The maximum absolute atomic E-state index is 5.22. The van der Waals surface area contributed by atoms with E-state index >= 15 is 0 Å². The maximum atomic E-state index is 5.22. The van der Waals surface area contributed by atoms with Gasteiger partial charge in [-0.2, -0.15) is 0 Å². The average Bonchev–Trinajstić information content (AvgIpc) is 2.65. The molecular weight excluding hydrogens is 178 g/mol. The fourth-order valence-electron chi connectivity index (χ4n) is 1.96. The third-order valence-corrected chi connectivity index (χ3v) is 2.88. The number of hydrogen-bond acceptors (Lipinski definition) is 4. The minimum Gasteiger partial charge on any atom is -0.448 e. The summed E-state index contributed by atoms with van der Waals surface area (Å²) in [5.41, 5.74) is 1.08. The Hall–Kier alpha value is -0.870. The van der Waals surface area contributed by atoms with Gasteiger partial charge in [0.1, 0.15) is 5.76 Å². The molecule has 1 saturated heterocycles. The fourth-order valence-corrected chi connectivity index (χ4v) is 1.96. The lowest BCUT2D eigenvalue weighted by Gasteiger charge is -2.31. The minimum absolute atomic E-state index is 0.371. The van der Waals surface area contributed by atoms with E-state index < -0.39 is 0 Å². The summed E-state index contributed by atoms with van der Waals surface area (Å²) < 4.78 is 5.22. The molecule has 1 fully saturated rings. The molecule has 2 rings (SSSR count). The highest BCUT2D eigenvalue weighted by molar-refractivity contribution is 5.10. The molecule has 2 heterocycles. The zero-order valence-electron chi connectivity index (χ0n) is 8.79. The third kappa shape index (κ3) is 1.81. The van der Waals surface area contributed by atoms with E-state index in [1.165, 1.54) is 6.39 Å². The number of aryl methyl sites for hydroxylation is 1. The van der Waals surface area contributed by atoms with Crippen LogP contribution in [0, 0.1) is 6.92 Å². The predicted molar refractivity (Wildman–Crippen MR) is 54.1 cm³/mol. The van der Waals surface area contributed by atoms with Crippen LogP contribution in [0.15, 0.2) is 10.8 Å². The molecule has 4 heteroatoms. The van der Waals surface area contributed by atoms with Crippen molar-refractivity contribution in [3.8, 4) is 0 Å². The second-order valence-electron chi connectivity index (χ2n) is 3.76. The highest BCUT2D eigenvalue weighted by Gasteiger charge is 2.21. The van der Waals surface area contributed by atoms with Crippen LogP contribution in [0.1, 0.15) is 24.4 Å². The van der Waals surface area contributed by atoms with Gasteiger partial charge in [0, 0.05) is 26.2 Å². The van der Waals surface area contributed by atoms with Crippen molar-refractivity contribution in [3.05, 3.63) is 17.8 Å². The van der Waals surface area contributed by atoms with Gasteiger partial charge in [0.2, 0.25) is 0 Å². The van der Waals surface area contributed by atoms with E-state index in [2.05, 4.69) is 22.1 Å². The SMILES string of the molecule is Cc1ocnc1C(C)N1CCNCC1. The summed E-state index contributed by atoms with van der Waals surface area (Å²) in [6.45, 7) is 8.49. The van der Waals surface area contributed by atoms with E-state index in [-0.39, 0.29) is 0 Å². The first-order valence-electron chi connectivity index (χ1n) is 5.14. The molecule has 0 aliphatic carbocycles. The summed E-state index contributed by atoms with van der Waals surface area (Å²) in [6.07, 6.45) is 1.53. The molecule has 1 atom stereocenters. The molecule has 0 amide bonds. The number of nitrogens with zero attached hydrogens (tertiary/aromatic N) is 2. The predicted octanol–water partition coefficient (Wildman–Crippen LogP) is 0.949. The number of nitrogens with one attached hydrogen (secondary N) is 1. The number of aromatic nitrogens is 1. The first-order valence-corrected chi connectivity index (χ1v) is 5.14. The van der Waals surface area contributed by atoms with Gasteiger partial charge >= 0.3 is 0 Å². The summed E-state index contributed by atoms with van der Waals surface area (Å²) in [5, 5.41) is 3.34. The van der Waals surface area contributed by atoms with Gasteiger partial charge in [-0.25, -0.2) is 4.98 Å². The van der Waals surface area contributed by atoms with Crippen molar-refractivity contribution in [2.75, 3.05) is 26.2 Å². The maximum Gasteiger partial charge on any atom is 0.181 e. The summed E-state index contributed by atoms with van der Waals surface area (Å²) in [7, 11) is 0. The molecule has 1 aromatic rings. The van der Waals surface area contributed by atoms with Crippen molar-refractivity contribution in [3.63, 3.8) is 0 Å². The van der Waals surface area contributed by atoms with Gasteiger partial charge in [-0.1, -0.05) is 0 Å². The number of piperazine rings is 1. The molecule has 1 aliphatic heterocycles. The van der Waals surface area contributed by atoms with E-state index in [4.69, 9.17) is 4.42 Å². The standard InChI is InChI=1S/C10H17N3O/c1-8(10-9(2)14-7-12-10)13-5-3-11-4-6-13/h7-8,11H,3-6H2,1-2H3. The normalized spacial score (nSPS) is 21.0. The lowest BCUT2D eigenvalue weighted by molar-refractivity contribution is 0.181. The van der Waals surface area contributed by atoms with Gasteiger partial charge in [-0.15, -0.1) is 0 Å². The van der Waals surface area contributed by atoms with Gasteiger partial charge in [-0.05, 0) is 13.8 Å². The highest BCUT2D eigenvalue weighted by Crippen LogP contribution is 2.21. The quantitative estimate of drug-likeness (QED) is 0.763. The molecule has 1 aromatic heterocycles. The summed E-state index contributed by atoms with van der Waals surface area (Å²) in [5.74, 6) is 0.941. The molecule has 1 unspecified atom stereocenters. The lowest BCUT2D eigenvalue weighted by atomic mass is 10.1. The van der Waals surface area contributed by atoms with Crippen molar-refractivity contribution in [2.45, 2.75) is 19.9 Å². The zero-order chi connectivity index (χ0) is 9.97. The van der Waals surface area contributed by atoms with Gasteiger partial charge in [0.05, 0.1) is 11.7 Å². The van der Waals surface area contributed by atoms with E-state index in [0.29, 0.717) is 6.04 Å². The van der Waals surface area contributed by atoms with Crippen LogP contribution in [0.2, 0.25) is 0 Å². The number of rotatable bonds is 2. The Morgan fingerprint density at radius 2 is 2.21 bits per heavy atom. The van der Waals surface area contributed by atoms with Gasteiger partial charge in [0.25, 0.3) is 0 Å². The topological polar surface area (TPSA) is 41.3 Å². The average molecular weight is 195 g/mol. The van der Waals surface area contributed by atoms with Crippen LogP contribution in [-0.4, -0.2) is 36.1 Å². The monoisotopic (exact) mass is 195 g/mol. The van der Waals surface area contributed by atoms with E-state index in [9.17, 15) is 0 Å². The zero-order valence-corrected chi connectivity index (χ0v) is 8.79. The van der Waals surface area contributed by atoms with Crippen LogP contribution >= 0.6 is 0 Å². The van der Waals surface area contributed by atoms with Crippen LogP contribution in [-0.2, 0) is 0 Å². The van der Waals surface area contributed by atoms with Crippen molar-refractivity contribution in [1.29, 1.82) is 0 Å². The van der Waals surface area contributed by atoms with Crippen molar-refractivity contribution >= 4 is 0 Å². The van der Waals surface area contributed by atoms with Crippen LogP contribution in [0.25, 0.3) is 0 Å². The molecule has 4 nitrogen and oxygen atoms in total. The summed E-state index contributed by atoms with van der Waals surface area (Å²) >= 11 is 0. The molecule has 0 aromatic carbocycles. The Labute approximate surface area is 84.3 Å².